The third-order valence-electron chi connectivity index (χ3n) is 2.63. The Bertz CT molecular complexity index is 922. The number of fused-ring (bicyclic) bond motifs is 1. The number of rotatable bonds is 2. The summed E-state index contributed by atoms with van der Waals surface area (Å²) in [6, 6.07) is 3.45. The minimum absolute atomic E-state index is 0. The molecule has 4 N–H and O–H groups in total. The van der Waals surface area contributed by atoms with Gasteiger partial charge in [-0.3, -0.25) is 4.55 Å². The maximum Gasteiger partial charge on any atom is 1.00 e. The second-order valence-electron chi connectivity index (χ2n) is 3.95. The molecule has 0 bridgehead atoms. The first-order valence-corrected chi connectivity index (χ1v) is 7.85. The van der Waals surface area contributed by atoms with Gasteiger partial charge in [-0.1, -0.05) is 0 Å². The first-order chi connectivity index (χ1) is 9.01. The van der Waals surface area contributed by atoms with Crippen LogP contribution in [0, 0.1) is 0 Å². The average molecular weight is 341 g/mol. The minimum Gasteiger partial charge on any atom is -0.744 e. The van der Waals surface area contributed by atoms with Crippen molar-refractivity contribution >= 4 is 36.7 Å². The summed E-state index contributed by atoms with van der Waals surface area (Å²) in [6.45, 7) is 0. The number of phenolic OH excluding ortho intramolecular Hbond substituents is 1. The minimum atomic E-state index is -4.92. The second kappa shape index (κ2) is 5.72. The molecule has 0 fully saturated rings. The van der Waals surface area contributed by atoms with Gasteiger partial charge in [0.05, 0.1) is 4.90 Å². The molecular formula is C10H8NNaO7S2. The topological polar surface area (TPSA) is 158 Å². The van der Waals surface area contributed by atoms with Gasteiger partial charge in [-0.05, 0) is 24.3 Å². The van der Waals surface area contributed by atoms with Crippen molar-refractivity contribution in [3.8, 4) is 5.75 Å². The van der Waals surface area contributed by atoms with Crippen LogP contribution in [0.5, 0.6) is 5.75 Å². The molecule has 0 aliphatic rings. The summed E-state index contributed by atoms with van der Waals surface area (Å²) >= 11 is 0. The Morgan fingerprint density at radius 3 is 2.14 bits per heavy atom. The van der Waals surface area contributed by atoms with Crippen molar-refractivity contribution in [3.05, 3.63) is 24.3 Å². The van der Waals surface area contributed by atoms with Crippen molar-refractivity contribution in [2.45, 2.75) is 9.79 Å². The molecule has 0 saturated carbocycles. The Morgan fingerprint density at radius 2 is 1.67 bits per heavy atom. The van der Waals surface area contributed by atoms with Crippen LogP contribution in [0.1, 0.15) is 0 Å². The zero-order chi connectivity index (χ0) is 15.3. The molecule has 0 aliphatic heterocycles. The van der Waals surface area contributed by atoms with E-state index in [0.717, 1.165) is 18.2 Å². The van der Waals surface area contributed by atoms with Gasteiger partial charge in [0.15, 0.2) is 0 Å². The van der Waals surface area contributed by atoms with Gasteiger partial charge in [0, 0.05) is 16.5 Å². The van der Waals surface area contributed by atoms with Crippen LogP contribution in [0.2, 0.25) is 0 Å². The van der Waals surface area contributed by atoms with E-state index in [1.165, 1.54) is 0 Å². The molecule has 108 valence electrons. The fourth-order valence-electron chi connectivity index (χ4n) is 1.81. The SMILES string of the molecule is Nc1ccc(S(=O)(=O)O)c2cc(S(=O)(=O)[O-])cc(O)c12.[Na+]. The fourth-order valence-corrected chi connectivity index (χ4v) is 3.00. The standard InChI is InChI=1S/C10H9NO7S2.Na/c11-7-1-2-9(20(16,17)18)6-3-5(19(13,14)15)4-8(12)10(6)7;/h1-4,12H,11H2,(H,13,14,15)(H,16,17,18);/q;+1/p-1. The van der Waals surface area contributed by atoms with Crippen LogP contribution >= 0.6 is 0 Å². The molecule has 0 saturated heterocycles. The van der Waals surface area contributed by atoms with Gasteiger partial charge >= 0.3 is 29.6 Å². The third-order valence-corrected chi connectivity index (χ3v) is 4.35. The number of hydrogen-bond acceptors (Lipinski definition) is 7. The summed E-state index contributed by atoms with van der Waals surface area (Å²) in [6.07, 6.45) is 0. The summed E-state index contributed by atoms with van der Waals surface area (Å²) in [7, 11) is -9.61. The van der Waals surface area contributed by atoms with Gasteiger partial charge in [0.1, 0.15) is 20.8 Å². The number of aromatic hydroxyl groups is 1. The van der Waals surface area contributed by atoms with Crippen molar-refractivity contribution in [2.24, 2.45) is 0 Å². The molecule has 21 heavy (non-hydrogen) atoms. The average Bonchev–Trinajstić information content (AvgIpc) is 2.25. The molecule has 0 spiro atoms. The Kier molecular flexibility index (Phi) is 4.95. The largest absolute Gasteiger partial charge is 1.00 e. The smallest absolute Gasteiger partial charge is 0.744 e. The van der Waals surface area contributed by atoms with E-state index in [4.69, 9.17) is 10.3 Å². The van der Waals surface area contributed by atoms with E-state index in [0.29, 0.717) is 6.07 Å². The summed E-state index contributed by atoms with van der Waals surface area (Å²) in [5, 5.41) is 9.19. The van der Waals surface area contributed by atoms with E-state index in [-0.39, 0.29) is 46.0 Å². The molecule has 2 rings (SSSR count). The zero-order valence-electron chi connectivity index (χ0n) is 10.6. The van der Waals surface area contributed by atoms with Gasteiger partial charge in [0.25, 0.3) is 10.1 Å². The summed E-state index contributed by atoms with van der Waals surface area (Å²) < 4.78 is 64.5. The van der Waals surface area contributed by atoms with Gasteiger partial charge < -0.3 is 15.4 Å². The molecule has 0 aliphatic carbocycles. The molecular weight excluding hydrogens is 333 g/mol. The van der Waals surface area contributed by atoms with E-state index in [9.17, 15) is 26.5 Å². The predicted molar refractivity (Wildman–Crippen MR) is 67.8 cm³/mol. The van der Waals surface area contributed by atoms with Crippen molar-refractivity contribution in [2.75, 3.05) is 5.73 Å². The normalized spacial score (nSPS) is 12.1. The molecule has 0 heterocycles. The van der Waals surface area contributed by atoms with E-state index < -0.39 is 35.8 Å². The van der Waals surface area contributed by atoms with Crippen LogP contribution in [-0.2, 0) is 20.2 Å². The zero-order valence-corrected chi connectivity index (χ0v) is 14.3. The molecule has 0 unspecified atom stereocenters. The maximum atomic E-state index is 11.2. The van der Waals surface area contributed by atoms with Crippen molar-refractivity contribution in [1.29, 1.82) is 0 Å². The van der Waals surface area contributed by atoms with Crippen molar-refractivity contribution in [3.63, 3.8) is 0 Å². The molecule has 11 heteroatoms. The first kappa shape index (κ1) is 18.2. The fraction of sp³-hybridized carbons (Fsp3) is 0. The van der Waals surface area contributed by atoms with E-state index in [1.54, 1.807) is 0 Å². The Hall–Kier alpha value is -0.880. The summed E-state index contributed by atoms with van der Waals surface area (Å²) in [5.74, 6) is -0.681. The van der Waals surface area contributed by atoms with Gasteiger partial charge in [-0.15, -0.1) is 0 Å². The van der Waals surface area contributed by atoms with Gasteiger partial charge in [-0.25, -0.2) is 8.42 Å². The second-order valence-corrected chi connectivity index (χ2v) is 6.72. The molecule has 2 aromatic rings. The Balaban J connectivity index is 0.00000220. The molecule has 0 aromatic heterocycles. The monoisotopic (exact) mass is 341 g/mol. The number of nitrogen functional groups attached to an aromatic ring is 1. The number of anilines is 1. The van der Waals surface area contributed by atoms with E-state index >= 15 is 0 Å². The molecule has 2 aromatic carbocycles. The maximum absolute atomic E-state index is 11.2. The Morgan fingerprint density at radius 1 is 1.10 bits per heavy atom. The van der Waals surface area contributed by atoms with Crippen LogP contribution < -0.4 is 35.3 Å². The van der Waals surface area contributed by atoms with E-state index in [2.05, 4.69) is 0 Å². The number of hydrogen-bond donors (Lipinski definition) is 3. The van der Waals surface area contributed by atoms with Gasteiger partial charge in [0.2, 0.25) is 0 Å². The van der Waals surface area contributed by atoms with Crippen LogP contribution in [-0.4, -0.2) is 31.0 Å². The number of phenols is 1. The van der Waals surface area contributed by atoms with Crippen LogP contribution in [0.15, 0.2) is 34.1 Å². The Labute approximate surface area is 142 Å². The summed E-state index contributed by atoms with van der Waals surface area (Å²) in [4.78, 5) is -1.50. The number of benzene rings is 2. The van der Waals surface area contributed by atoms with Crippen molar-refractivity contribution < 1.29 is 60.6 Å². The molecule has 0 atom stereocenters. The number of nitrogens with two attached hydrogens (primary N) is 1. The molecule has 0 radical (unpaired) electrons. The van der Waals surface area contributed by atoms with Crippen molar-refractivity contribution in [1.82, 2.24) is 0 Å². The van der Waals surface area contributed by atoms with Crippen LogP contribution in [0.3, 0.4) is 0 Å². The predicted octanol–water partition coefficient (Wildman–Crippen LogP) is -2.72. The first-order valence-electron chi connectivity index (χ1n) is 5.00. The molecule has 8 nitrogen and oxygen atoms in total. The van der Waals surface area contributed by atoms with E-state index in [1.807, 2.05) is 0 Å². The third kappa shape index (κ3) is 3.48. The molecule has 0 amide bonds. The van der Waals surface area contributed by atoms with Crippen LogP contribution in [0.4, 0.5) is 5.69 Å². The quantitative estimate of drug-likeness (QED) is 0.302. The van der Waals surface area contributed by atoms with Gasteiger partial charge in [-0.2, -0.15) is 8.42 Å². The summed E-state index contributed by atoms with van der Waals surface area (Å²) in [5.41, 5.74) is 5.52. The van der Waals surface area contributed by atoms with Crippen LogP contribution in [0.25, 0.3) is 10.8 Å².